The average Bonchev–Trinajstić information content (AvgIpc) is 3.17. The molecule has 4 heterocycles. The van der Waals surface area contributed by atoms with Crippen LogP contribution >= 0.6 is 11.3 Å². The van der Waals surface area contributed by atoms with Crippen molar-refractivity contribution in [3.8, 4) is 5.88 Å². The maximum Gasteiger partial charge on any atom is 0.254 e. The van der Waals surface area contributed by atoms with Crippen LogP contribution in [0.4, 0.5) is 0 Å². The second-order valence-electron chi connectivity index (χ2n) is 7.24. The number of amides is 1. The molecule has 2 aliphatic heterocycles. The minimum Gasteiger partial charge on any atom is -0.474 e. The van der Waals surface area contributed by atoms with Crippen LogP contribution in [0.3, 0.4) is 0 Å². The summed E-state index contributed by atoms with van der Waals surface area (Å²) in [5.74, 6) is 0.825. The van der Waals surface area contributed by atoms with Gasteiger partial charge >= 0.3 is 0 Å². The second kappa shape index (κ2) is 7.37. The Morgan fingerprint density at radius 2 is 2.23 bits per heavy atom. The standard InChI is InChI=1S/C20H24N2O3S/c1-15-2-7-21-18(12-15)25-17-3-10-24-20(13-17)5-8-22(9-6-20)19(23)16-4-11-26-14-16/h2,4,7,11-12,14,17H,3,5-6,8-10,13H2,1H3. The minimum atomic E-state index is -0.168. The SMILES string of the molecule is Cc1ccnc(OC2CCOC3(CCN(C(=O)c4ccsc4)CC3)C2)c1. The highest BCUT2D eigenvalue weighted by atomic mass is 32.1. The molecular weight excluding hydrogens is 348 g/mol. The van der Waals surface area contributed by atoms with Crippen LogP contribution in [-0.4, -0.2) is 47.2 Å². The number of likely N-dealkylation sites (tertiary alicyclic amines) is 1. The number of pyridine rings is 1. The monoisotopic (exact) mass is 372 g/mol. The number of aryl methyl sites for hydroxylation is 1. The van der Waals surface area contributed by atoms with Crippen LogP contribution in [0.15, 0.2) is 35.2 Å². The van der Waals surface area contributed by atoms with Crippen molar-refractivity contribution in [2.75, 3.05) is 19.7 Å². The van der Waals surface area contributed by atoms with Crippen molar-refractivity contribution in [1.29, 1.82) is 0 Å². The van der Waals surface area contributed by atoms with Crippen LogP contribution in [0, 0.1) is 6.92 Å². The predicted octanol–water partition coefficient (Wildman–Crippen LogP) is 3.68. The fraction of sp³-hybridized carbons (Fsp3) is 0.500. The van der Waals surface area contributed by atoms with Crippen molar-refractivity contribution in [1.82, 2.24) is 9.88 Å². The number of carbonyl (C=O) groups is 1. The number of ether oxygens (including phenoxy) is 2. The minimum absolute atomic E-state index is 0.122. The van der Waals surface area contributed by atoms with Gasteiger partial charge in [-0.25, -0.2) is 4.98 Å². The van der Waals surface area contributed by atoms with E-state index in [-0.39, 0.29) is 17.6 Å². The number of carbonyl (C=O) groups excluding carboxylic acids is 1. The Hall–Kier alpha value is -1.92. The van der Waals surface area contributed by atoms with E-state index < -0.39 is 0 Å². The highest BCUT2D eigenvalue weighted by Crippen LogP contribution is 2.36. The van der Waals surface area contributed by atoms with E-state index in [1.54, 1.807) is 17.5 Å². The molecule has 0 aliphatic carbocycles. The highest BCUT2D eigenvalue weighted by Gasteiger charge is 2.42. The first kappa shape index (κ1) is 17.5. The molecule has 6 heteroatoms. The van der Waals surface area contributed by atoms with Crippen molar-refractivity contribution >= 4 is 17.2 Å². The number of aromatic nitrogens is 1. The van der Waals surface area contributed by atoms with Crippen molar-refractivity contribution < 1.29 is 14.3 Å². The smallest absolute Gasteiger partial charge is 0.254 e. The van der Waals surface area contributed by atoms with E-state index in [0.29, 0.717) is 12.5 Å². The lowest BCUT2D eigenvalue weighted by molar-refractivity contribution is -0.135. The molecule has 0 aromatic carbocycles. The highest BCUT2D eigenvalue weighted by molar-refractivity contribution is 7.08. The molecule has 1 atom stereocenters. The van der Waals surface area contributed by atoms with Gasteiger partial charge in [-0.3, -0.25) is 4.79 Å². The molecule has 0 N–H and O–H groups in total. The molecule has 2 aromatic heterocycles. The molecule has 2 aliphatic rings. The largest absolute Gasteiger partial charge is 0.474 e. The Bertz CT molecular complexity index is 754. The molecule has 26 heavy (non-hydrogen) atoms. The number of hydrogen-bond acceptors (Lipinski definition) is 5. The third-order valence-corrected chi connectivity index (χ3v) is 6.04. The molecule has 0 saturated carbocycles. The van der Waals surface area contributed by atoms with E-state index in [4.69, 9.17) is 9.47 Å². The summed E-state index contributed by atoms with van der Waals surface area (Å²) in [5.41, 5.74) is 1.78. The van der Waals surface area contributed by atoms with Crippen LogP contribution in [0.5, 0.6) is 5.88 Å². The maximum atomic E-state index is 12.5. The molecule has 1 amide bonds. The molecule has 2 aromatic rings. The number of thiophene rings is 1. The number of hydrogen-bond donors (Lipinski definition) is 0. The first-order chi connectivity index (χ1) is 12.6. The lowest BCUT2D eigenvalue weighted by Crippen LogP contribution is -2.52. The molecule has 1 unspecified atom stereocenters. The Morgan fingerprint density at radius 1 is 1.38 bits per heavy atom. The number of piperidine rings is 1. The van der Waals surface area contributed by atoms with E-state index in [1.807, 2.05) is 40.8 Å². The van der Waals surface area contributed by atoms with Gasteiger partial charge in [-0.2, -0.15) is 11.3 Å². The summed E-state index contributed by atoms with van der Waals surface area (Å²) < 4.78 is 12.3. The molecule has 1 spiro atoms. The lowest BCUT2D eigenvalue weighted by Gasteiger charge is -2.45. The zero-order valence-corrected chi connectivity index (χ0v) is 15.8. The summed E-state index contributed by atoms with van der Waals surface area (Å²) in [5, 5.41) is 3.87. The van der Waals surface area contributed by atoms with Gasteiger partial charge in [-0.1, -0.05) is 0 Å². The number of rotatable bonds is 3. The third-order valence-electron chi connectivity index (χ3n) is 5.36. The van der Waals surface area contributed by atoms with Gasteiger partial charge in [0.1, 0.15) is 6.10 Å². The first-order valence-corrected chi connectivity index (χ1v) is 10.1. The van der Waals surface area contributed by atoms with Crippen LogP contribution in [0.2, 0.25) is 0 Å². The summed E-state index contributed by atoms with van der Waals surface area (Å²) in [6.07, 6.45) is 5.39. The molecule has 5 nitrogen and oxygen atoms in total. The van der Waals surface area contributed by atoms with Gasteiger partial charge in [0.05, 0.1) is 17.8 Å². The fourth-order valence-corrected chi connectivity index (χ4v) is 4.49. The summed E-state index contributed by atoms with van der Waals surface area (Å²) in [6, 6.07) is 5.84. The zero-order chi connectivity index (χ0) is 18.0. The summed E-state index contributed by atoms with van der Waals surface area (Å²) >= 11 is 1.56. The van der Waals surface area contributed by atoms with Gasteiger partial charge in [0, 0.05) is 43.6 Å². The van der Waals surface area contributed by atoms with Gasteiger partial charge in [-0.05, 0) is 42.8 Å². The Balaban J connectivity index is 1.36. The van der Waals surface area contributed by atoms with Gasteiger partial charge in [0.2, 0.25) is 5.88 Å². The molecule has 138 valence electrons. The van der Waals surface area contributed by atoms with Crippen LogP contribution in [0.25, 0.3) is 0 Å². The molecule has 0 bridgehead atoms. The Labute approximate surface area is 157 Å². The van der Waals surface area contributed by atoms with E-state index >= 15 is 0 Å². The van der Waals surface area contributed by atoms with Gasteiger partial charge < -0.3 is 14.4 Å². The molecule has 2 saturated heterocycles. The summed E-state index contributed by atoms with van der Waals surface area (Å²) in [6.45, 7) is 4.23. The lowest BCUT2D eigenvalue weighted by atomic mass is 9.83. The normalized spacial score (nSPS) is 22.3. The van der Waals surface area contributed by atoms with E-state index in [0.717, 1.165) is 49.9 Å². The molecule has 4 rings (SSSR count). The maximum absolute atomic E-state index is 12.5. The van der Waals surface area contributed by atoms with Crippen LogP contribution in [0.1, 0.15) is 41.6 Å². The summed E-state index contributed by atoms with van der Waals surface area (Å²) in [4.78, 5) is 18.8. The molecule has 2 fully saturated rings. The third kappa shape index (κ3) is 3.76. The second-order valence-corrected chi connectivity index (χ2v) is 8.02. The van der Waals surface area contributed by atoms with Gasteiger partial charge in [0.15, 0.2) is 0 Å². The quantitative estimate of drug-likeness (QED) is 0.825. The van der Waals surface area contributed by atoms with Crippen molar-refractivity contribution in [2.45, 2.75) is 44.3 Å². The molecule has 0 radical (unpaired) electrons. The fourth-order valence-electron chi connectivity index (χ4n) is 3.86. The summed E-state index contributed by atoms with van der Waals surface area (Å²) in [7, 11) is 0. The van der Waals surface area contributed by atoms with Crippen molar-refractivity contribution in [3.05, 3.63) is 46.3 Å². The van der Waals surface area contributed by atoms with Gasteiger partial charge in [-0.15, -0.1) is 0 Å². The average molecular weight is 372 g/mol. The van der Waals surface area contributed by atoms with Crippen LogP contribution < -0.4 is 4.74 Å². The van der Waals surface area contributed by atoms with Crippen molar-refractivity contribution in [2.24, 2.45) is 0 Å². The van der Waals surface area contributed by atoms with Crippen molar-refractivity contribution in [3.63, 3.8) is 0 Å². The van der Waals surface area contributed by atoms with Crippen LogP contribution in [-0.2, 0) is 4.74 Å². The zero-order valence-electron chi connectivity index (χ0n) is 15.0. The first-order valence-electron chi connectivity index (χ1n) is 9.18. The van der Waals surface area contributed by atoms with E-state index in [2.05, 4.69) is 4.98 Å². The number of nitrogens with zero attached hydrogens (tertiary/aromatic N) is 2. The van der Waals surface area contributed by atoms with E-state index in [9.17, 15) is 4.79 Å². The topological polar surface area (TPSA) is 51.7 Å². The van der Waals surface area contributed by atoms with E-state index in [1.165, 1.54) is 0 Å². The van der Waals surface area contributed by atoms with Gasteiger partial charge in [0.25, 0.3) is 5.91 Å². The Morgan fingerprint density at radius 3 is 2.96 bits per heavy atom. The predicted molar refractivity (Wildman–Crippen MR) is 101 cm³/mol. The Kier molecular flexibility index (Phi) is 4.96. The molecular formula is C20H24N2O3S.